The molecule has 0 aliphatic carbocycles. The summed E-state index contributed by atoms with van der Waals surface area (Å²) in [5.41, 5.74) is 2.46. The lowest BCUT2D eigenvalue weighted by Gasteiger charge is -2.06. The third kappa shape index (κ3) is 3.91. The third-order valence-corrected chi connectivity index (χ3v) is 3.98. The molecule has 0 aliphatic heterocycles. The molecule has 0 atom stereocenters. The topological polar surface area (TPSA) is 76.4 Å². The Morgan fingerprint density at radius 2 is 2.16 bits per heavy atom. The van der Waals surface area contributed by atoms with Gasteiger partial charge in [-0.3, -0.25) is 9.78 Å². The van der Waals surface area contributed by atoms with Crippen molar-refractivity contribution in [2.75, 3.05) is 25.5 Å². The van der Waals surface area contributed by atoms with E-state index in [1.807, 2.05) is 31.2 Å². The van der Waals surface area contributed by atoms with Crippen molar-refractivity contribution in [2.24, 2.45) is 0 Å². The van der Waals surface area contributed by atoms with E-state index in [0.29, 0.717) is 23.6 Å². The van der Waals surface area contributed by atoms with E-state index in [1.54, 1.807) is 25.6 Å². The second-order valence-electron chi connectivity index (χ2n) is 5.70. The van der Waals surface area contributed by atoms with Crippen LogP contribution in [0, 0.1) is 6.92 Å². The molecule has 0 fully saturated rings. The Morgan fingerprint density at radius 1 is 1.28 bits per heavy atom. The van der Waals surface area contributed by atoms with Gasteiger partial charge in [0.2, 0.25) is 0 Å². The molecule has 3 rings (SSSR count). The van der Waals surface area contributed by atoms with Gasteiger partial charge in [0.05, 0.1) is 12.8 Å². The standard InChI is InChI=1S/C19H21N3O3/c1-13-16-7-6-15(24-2)11-17(16)25-18(13)19(23)22-10-4-9-21-14-5-3-8-20-12-14/h3,5-8,11-12,21H,4,9-10H2,1-2H3,(H,22,23). The molecule has 3 aromatic rings. The highest BCUT2D eigenvalue weighted by atomic mass is 16.5. The van der Waals surface area contributed by atoms with E-state index in [4.69, 9.17) is 9.15 Å². The summed E-state index contributed by atoms with van der Waals surface area (Å²) < 4.78 is 10.9. The number of hydrogen-bond acceptors (Lipinski definition) is 5. The van der Waals surface area contributed by atoms with Crippen LogP contribution in [0.4, 0.5) is 5.69 Å². The second kappa shape index (κ2) is 7.70. The first-order valence-corrected chi connectivity index (χ1v) is 8.18. The zero-order chi connectivity index (χ0) is 17.6. The van der Waals surface area contributed by atoms with Crippen LogP contribution in [0.15, 0.2) is 47.1 Å². The molecule has 130 valence electrons. The predicted octanol–water partition coefficient (Wildman–Crippen LogP) is 3.38. The largest absolute Gasteiger partial charge is 0.497 e. The van der Waals surface area contributed by atoms with E-state index in [0.717, 1.165) is 29.6 Å². The van der Waals surface area contributed by atoms with Crippen LogP contribution < -0.4 is 15.4 Å². The fourth-order valence-electron chi connectivity index (χ4n) is 2.62. The minimum atomic E-state index is -0.200. The molecule has 0 bridgehead atoms. The number of aromatic nitrogens is 1. The van der Waals surface area contributed by atoms with Crippen molar-refractivity contribution in [3.8, 4) is 5.75 Å². The van der Waals surface area contributed by atoms with Gasteiger partial charge in [-0.25, -0.2) is 0 Å². The maximum Gasteiger partial charge on any atom is 0.287 e. The molecule has 0 radical (unpaired) electrons. The number of fused-ring (bicyclic) bond motifs is 1. The van der Waals surface area contributed by atoms with Gasteiger partial charge in [0.1, 0.15) is 11.3 Å². The molecular formula is C19H21N3O3. The van der Waals surface area contributed by atoms with Crippen molar-refractivity contribution in [1.29, 1.82) is 0 Å². The minimum Gasteiger partial charge on any atom is -0.497 e. The maximum atomic E-state index is 12.4. The van der Waals surface area contributed by atoms with Crippen molar-refractivity contribution >= 4 is 22.6 Å². The molecule has 2 N–H and O–H groups in total. The van der Waals surface area contributed by atoms with Crippen molar-refractivity contribution < 1.29 is 13.9 Å². The number of furan rings is 1. The molecule has 1 amide bonds. The first kappa shape index (κ1) is 16.8. The quantitative estimate of drug-likeness (QED) is 0.645. The number of carbonyl (C=O) groups excluding carboxylic acids is 1. The monoisotopic (exact) mass is 339 g/mol. The highest BCUT2D eigenvalue weighted by molar-refractivity contribution is 5.99. The van der Waals surface area contributed by atoms with Crippen LogP contribution in [0.2, 0.25) is 0 Å². The summed E-state index contributed by atoms with van der Waals surface area (Å²) in [5, 5.41) is 7.07. The van der Waals surface area contributed by atoms with E-state index in [-0.39, 0.29) is 5.91 Å². The average molecular weight is 339 g/mol. The lowest BCUT2D eigenvalue weighted by Crippen LogP contribution is -2.26. The summed E-state index contributed by atoms with van der Waals surface area (Å²) >= 11 is 0. The number of hydrogen-bond donors (Lipinski definition) is 2. The van der Waals surface area contributed by atoms with Crippen molar-refractivity contribution in [1.82, 2.24) is 10.3 Å². The smallest absolute Gasteiger partial charge is 0.287 e. The number of nitrogens with zero attached hydrogens (tertiary/aromatic N) is 1. The zero-order valence-corrected chi connectivity index (χ0v) is 14.3. The predicted molar refractivity (Wildman–Crippen MR) is 97.2 cm³/mol. The molecule has 25 heavy (non-hydrogen) atoms. The van der Waals surface area contributed by atoms with Gasteiger partial charge >= 0.3 is 0 Å². The third-order valence-electron chi connectivity index (χ3n) is 3.98. The van der Waals surface area contributed by atoms with Gasteiger partial charge in [-0.15, -0.1) is 0 Å². The van der Waals surface area contributed by atoms with Crippen LogP contribution in [0.1, 0.15) is 22.5 Å². The number of nitrogens with one attached hydrogen (secondary N) is 2. The molecule has 2 aromatic heterocycles. The van der Waals surface area contributed by atoms with Gasteiger partial charge in [0.25, 0.3) is 5.91 Å². The second-order valence-corrected chi connectivity index (χ2v) is 5.70. The summed E-state index contributed by atoms with van der Waals surface area (Å²) in [4.78, 5) is 16.4. The highest BCUT2D eigenvalue weighted by Crippen LogP contribution is 2.28. The number of carbonyl (C=O) groups is 1. The number of benzene rings is 1. The van der Waals surface area contributed by atoms with Crippen LogP contribution in [-0.2, 0) is 0 Å². The van der Waals surface area contributed by atoms with Gasteiger partial charge in [-0.1, -0.05) is 0 Å². The fourth-order valence-corrected chi connectivity index (χ4v) is 2.62. The molecule has 2 heterocycles. The Kier molecular flexibility index (Phi) is 5.18. The number of ether oxygens (including phenoxy) is 1. The van der Waals surface area contributed by atoms with E-state index < -0.39 is 0 Å². The summed E-state index contributed by atoms with van der Waals surface area (Å²) in [5.74, 6) is 0.854. The van der Waals surface area contributed by atoms with Crippen LogP contribution >= 0.6 is 0 Å². The van der Waals surface area contributed by atoms with Gasteiger partial charge in [0, 0.05) is 42.5 Å². The molecule has 1 aromatic carbocycles. The lowest BCUT2D eigenvalue weighted by molar-refractivity contribution is 0.0927. The first-order valence-electron chi connectivity index (χ1n) is 8.18. The Bertz CT molecular complexity index is 859. The molecule has 0 saturated heterocycles. The number of aryl methyl sites for hydroxylation is 1. The average Bonchev–Trinajstić information content (AvgIpc) is 2.98. The lowest BCUT2D eigenvalue weighted by atomic mass is 10.1. The maximum absolute atomic E-state index is 12.4. The fraction of sp³-hybridized carbons (Fsp3) is 0.263. The van der Waals surface area contributed by atoms with Crippen molar-refractivity contribution in [2.45, 2.75) is 13.3 Å². The summed E-state index contributed by atoms with van der Waals surface area (Å²) in [6, 6.07) is 9.39. The first-order chi connectivity index (χ1) is 12.2. The van der Waals surface area contributed by atoms with Gasteiger partial charge < -0.3 is 19.8 Å². The normalized spacial score (nSPS) is 10.6. The molecule has 6 nitrogen and oxygen atoms in total. The van der Waals surface area contributed by atoms with Crippen molar-refractivity contribution in [3.05, 3.63) is 54.0 Å². The number of methoxy groups -OCH3 is 1. The van der Waals surface area contributed by atoms with Crippen LogP contribution in [-0.4, -0.2) is 31.1 Å². The number of rotatable bonds is 7. The molecule has 0 spiro atoms. The van der Waals surface area contributed by atoms with Gasteiger partial charge in [-0.05, 0) is 37.6 Å². The summed E-state index contributed by atoms with van der Waals surface area (Å²) in [7, 11) is 1.60. The SMILES string of the molecule is COc1ccc2c(C)c(C(=O)NCCCNc3cccnc3)oc2c1. The molecular weight excluding hydrogens is 318 g/mol. The molecule has 6 heteroatoms. The Hall–Kier alpha value is -3.02. The molecule has 0 unspecified atom stereocenters. The summed E-state index contributed by atoms with van der Waals surface area (Å²) in [6.07, 6.45) is 4.30. The molecule has 0 saturated carbocycles. The Balaban J connectivity index is 1.54. The van der Waals surface area contributed by atoms with E-state index >= 15 is 0 Å². The van der Waals surface area contributed by atoms with E-state index in [2.05, 4.69) is 15.6 Å². The van der Waals surface area contributed by atoms with Crippen LogP contribution in [0.3, 0.4) is 0 Å². The van der Waals surface area contributed by atoms with Gasteiger partial charge in [-0.2, -0.15) is 0 Å². The number of pyridine rings is 1. The van der Waals surface area contributed by atoms with E-state index in [9.17, 15) is 4.79 Å². The molecule has 0 aliphatic rings. The Morgan fingerprint density at radius 3 is 2.92 bits per heavy atom. The number of anilines is 1. The van der Waals surface area contributed by atoms with E-state index in [1.165, 1.54) is 0 Å². The number of amides is 1. The van der Waals surface area contributed by atoms with Gasteiger partial charge in [0.15, 0.2) is 5.76 Å². The summed E-state index contributed by atoms with van der Waals surface area (Å²) in [6.45, 7) is 3.20. The zero-order valence-electron chi connectivity index (χ0n) is 14.3. The van der Waals surface area contributed by atoms with Crippen molar-refractivity contribution in [3.63, 3.8) is 0 Å². The highest BCUT2D eigenvalue weighted by Gasteiger charge is 2.17. The Labute approximate surface area is 146 Å². The minimum absolute atomic E-state index is 0.200. The van der Waals surface area contributed by atoms with Crippen LogP contribution in [0.25, 0.3) is 11.0 Å². The van der Waals surface area contributed by atoms with Crippen LogP contribution in [0.5, 0.6) is 5.75 Å².